The van der Waals surface area contributed by atoms with Crippen molar-refractivity contribution >= 4 is 5.78 Å². The van der Waals surface area contributed by atoms with Gasteiger partial charge < -0.3 is 5.32 Å². The van der Waals surface area contributed by atoms with E-state index in [1.54, 1.807) is 0 Å². The molecule has 2 nitrogen and oxygen atoms in total. The van der Waals surface area contributed by atoms with E-state index in [2.05, 4.69) is 42.6 Å². The van der Waals surface area contributed by atoms with Crippen molar-refractivity contribution in [3.63, 3.8) is 0 Å². The molecule has 2 aliphatic carbocycles. The topological polar surface area (TPSA) is 29.1 Å². The largest absolute Gasteiger partial charge is 0.311 e. The Morgan fingerprint density at radius 2 is 1.86 bits per heavy atom. The van der Waals surface area contributed by atoms with Crippen molar-refractivity contribution in [3.05, 3.63) is 35.9 Å². The Morgan fingerprint density at radius 3 is 2.55 bits per heavy atom. The summed E-state index contributed by atoms with van der Waals surface area (Å²) in [5.41, 5.74) is 1.49. The molecule has 0 bridgehead atoms. The number of hydrogen-bond donors (Lipinski definition) is 1. The van der Waals surface area contributed by atoms with Crippen molar-refractivity contribution in [1.29, 1.82) is 0 Å². The van der Waals surface area contributed by atoms with Gasteiger partial charge >= 0.3 is 0 Å². The van der Waals surface area contributed by atoms with Gasteiger partial charge in [0, 0.05) is 30.8 Å². The Balaban J connectivity index is 1.37. The number of Topliss-reactive ketones (excluding diaryl/α,β-unsaturated/α-hetero) is 1. The molecule has 2 fully saturated rings. The second-order valence-corrected chi connectivity index (χ2v) is 7.24. The van der Waals surface area contributed by atoms with Gasteiger partial charge in [0.2, 0.25) is 0 Å². The lowest BCUT2D eigenvalue weighted by atomic mass is 9.82. The highest BCUT2D eigenvalue weighted by atomic mass is 16.1. The summed E-state index contributed by atoms with van der Waals surface area (Å²) in [4.78, 5) is 11.8. The minimum Gasteiger partial charge on any atom is -0.311 e. The molecule has 2 saturated carbocycles. The van der Waals surface area contributed by atoms with Crippen molar-refractivity contribution in [2.24, 2.45) is 5.92 Å². The number of rotatable bonds is 7. The highest BCUT2D eigenvalue weighted by Crippen LogP contribution is 2.42. The molecule has 0 amide bonds. The quantitative estimate of drug-likeness (QED) is 0.806. The second kappa shape index (κ2) is 7.41. The highest BCUT2D eigenvalue weighted by molar-refractivity contribution is 5.78. The van der Waals surface area contributed by atoms with Gasteiger partial charge in [-0.05, 0) is 50.0 Å². The molecule has 0 saturated heterocycles. The molecular formula is C20H29NO. The monoisotopic (exact) mass is 299 g/mol. The normalized spacial score (nSPS) is 31.0. The summed E-state index contributed by atoms with van der Waals surface area (Å²) in [6.07, 6.45) is 8.86. The van der Waals surface area contributed by atoms with Crippen LogP contribution in [0.1, 0.15) is 69.8 Å². The van der Waals surface area contributed by atoms with Crippen LogP contribution < -0.4 is 5.32 Å². The first-order chi connectivity index (χ1) is 10.8. The molecule has 0 radical (unpaired) electrons. The number of benzene rings is 1. The molecule has 0 spiro atoms. The standard InChI is InChI=1S/C20H29NO/c1-2-6-18(22)13-15-9-11-17(12-10-15)21-20-14-19(20)16-7-4-3-5-8-16/h3-5,7-8,15,17,19-21H,2,6,9-14H2,1H3/t15?,17?,19-,20+/m1/s1. The maximum Gasteiger partial charge on any atom is 0.133 e. The Hall–Kier alpha value is -1.15. The molecule has 1 aromatic rings. The van der Waals surface area contributed by atoms with E-state index in [0.29, 0.717) is 23.8 Å². The third kappa shape index (κ3) is 4.19. The van der Waals surface area contributed by atoms with Crippen molar-refractivity contribution < 1.29 is 4.79 Å². The Bertz CT molecular complexity index is 476. The first kappa shape index (κ1) is 15.7. The first-order valence-corrected chi connectivity index (χ1v) is 9.09. The fourth-order valence-electron chi connectivity index (χ4n) is 3.99. The molecule has 120 valence electrons. The predicted octanol–water partition coefficient (Wildman–Crippen LogP) is 4.45. The molecule has 1 aromatic carbocycles. The second-order valence-electron chi connectivity index (χ2n) is 7.24. The smallest absolute Gasteiger partial charge is 0.133 e. The van der Waals surface area contributed by atoms with Crippen LogP contribution in [0.15, 0.2) is 30.3 Å². The SMILES string of the molecule is CCCC(=O)CC1CCC(N[C@H]2C[C@@H]2c2ccccc2)CC1. The molecule has 0 unspecified atom stereocenters. The summed E-state index contributed by atoms with van der Waals surface area (Å²) in [5, 5.41) is 3.86. The lowest BCUT2D eigenvalue weighted by Crippen LogP contribution is -2.35. The third-order valence-corrected chi connectivity index (χ3v) is 5.36. The summed E-state index contributed by atoms with van der Waals surface area (Å²) < 4.78 is 0. The van der Waals surface area contributed by atoms with Crippen LogP contribution in [0, 0.1) is 5.92 Å². The zero-order valence-electron chi connectivity index (χ0n) is 13.8. The third-order valence-electron chi connectivity index (χ3n) is 5.36. The molecule has 0 heterocycles. The van der Waals surface area contributed by atoms with E-state index in [1.165, 1.54) is 37.7 Å². The van der Waals surface area contributed by atoms with Crippen LogP contribution in [0.2, 0.25) is 0 Å². The van der Waals surface area contributed by atoms with E-state index >= 15 is 0 Å². The van der Waals surface area contributed by atoms with Gasteiger partial charge in [-0.15, -0.1) is 0 Å². The van der Waals surface area contributed by atoms with E-state index in [-0.39, 0.29) is 0 Å². The number of nitrogens with one attached hydrogen (secondary N) is 1. The minimum atomic E-state index is 0.477. The zero-order chi connectivity index (χ0) is 15.4. The van der Waals surface area contributed by atoms with Crippen molar-refractivity contribution in [1.82, 2.24) is 5.32 Å². The zero-order valence-corrected chi connectivity index (χ0v) is 13.8. The average Bonchev–Trinajstić information content (AvgIpc) is 3.30. The Morgan fingerprint density at radius 1 is 1.14 bits per heavy atom. The summed E-state index contributed by atoms with van der Waals surface area (Å²) in [6, 6.07) is 12.2. The Labute approximate surface area is 134 Å². The number of ketones is 1. The van der Waals surface area contributed by atoms with Gasteiger partial charge in [0.05, 0.1) is 0 Å². The maximum absolute atomic E-state index is 11.8. The van der Waals surface area contributed by atoms with Gasteiger partial charge in [0.15, 0.2) is 0 Å². The van der Waals surface area contributed by atoms with Crippen LogP contribution in [0.5, 0.6) is 0 Å². The van der Waals surface area contributed by atoms with Gasteiger partial charge in [-0.1, -0.05) is 37.3 Å². The first-order valence-electron chi connectivity index (χ1n) is 9.09. The van der Waals surface area contributed by atoms with E-state index < -0.39 is 0 Å². The van der Waals surface area contributed by atoms with Gasteiger partial charge in [-0.3, -0.25) is 4.79 Å². The minimum absolute atomic E-state index is 0.477. The highest BCUT2D eigenvalue weighted by Gasteiger charge is 2.39. The fourth-order valence-corrected chi connectivity index (χ4v) is 3.99. The van der Waals surface area contributed by atoms with Crippen LogP contribution in [-0.2, 0) is 4.79 Å². The summed E-state index contributed by atoms with van der Waals surface area (Å²) in [5.74, 6) is 1.86. The molecule has 0 aromatic heterocycles. The van der Waals surface area contributed by atoms with Crippen LogP contribution >= 0.6 is 0 Å². The van der Waals surface area contributed by atoms with E-state index in [0.717, 1.165) is 25.2 Å². The molecule has 3 rings (SSSR count). The molecule has 22 heavy (non-hydrogen) atoms. The molecule has 2 aliphatic rings. The van der Waals surface area contributed by atoms with Crippen molar-refractivity contribution in [2.45, 2.75) is 76.3 Å². The van der Waals surface area contributed by atoms with E-state index in [1.807, 2.05) is 0 Å². The molecular weight excluding hydrogens is 270 g/mol. The number of carbonyl (C=O) groups is 1. The fraction of sp³-hybridized carbons (Fsp3) is 0.650. The van der Waals surface area contributed by atoms with Crippen LogP contribution in [0.25, 0.3) is 0 Å². The van der Waals surface area contributed by atoms with Gasteiger partial charge in [0.1, 0.15) is 5.78 Å². The predicted molar refractivity (Wildman–Crippen MR) is 91.0 cm³/mol. The van der Waals surface area contributed by atoms with Crippen molar-refractivity contribution in [2.75, 3.05) is 0 Å². The molecule has 0 aliphatic heterocycles. The Kier molecular flexibility index (Phi) is 5.30. The number of carbonyl (C=O) groups excluding carboxylic acids is 1. The van der Waals surface area contributed by atoms with Crippen LogP contribution in [0.4, 0.5) is 0 Å². The maximum atomic E-state index is 11.8. The summed E-state index contributed by atoms with van der Waals surface area (Å²) in [7, 11) is 0. The van der Waals surface area contributed by atoms with Crippen LogP contribution in [0.3, 0.4) is 0 Å². The lowest BCUT2D eigenvalue weighted by molar-refractivity contribution is -0.120. The molecule has 2 heteroatoms. The van der Waals surface area contributed by atoms with Gasteiger partial charge in [0.25, 0.3) is 0 Å². The van der Waals surface area contributed by atoms with E-state index in [9.17, 15) is 4.79 Å². The van der Waals surface area contributed by atoms with Crippen molar-refractivity contribution in [3.8, 4) is 0 Å². The summed E-state index contributed by atoms with van der Waals surface area (Å²) in [6.45, 7) is 2.09. The molecule has 2 atom stereocenters. The van der Waals surface area contributed by atoms with E-state index in [4.69, 9.17) is 0 Å². The van der Waals surface area contributed by atoms with Gasteiger partial charge in [-0.2, -0.15) is 0 Å². The average molecular weight is 299 g/mol. The summed E-state index contributed by atoms with van der Waals surface area (Å²) >= 11 is 0. The number of hydrogen-bond acceptors (Lipinski definition) is 2. The lowest BCUT2D eigenvalue weighted by Gasteiger charge is -2.29. The van der Waals surface area contributed by atoms with Crippen LogP contribution in [-0.4, -0.2) is 17.9 Å². The van der Waals surface area contributed by atoms with Gasteiger partial charge in [-0.25, -0.2) is 0 Å². The molecule has 1 N–H and O–H groups in total.